The molecule has 0 unspecified atom stereocenters. The molecule has 5 heteroatoms. The van der Waals surface area contributed by atoms with E-state index in [4.69, 9.17) is 11.5 Å². The molecule has 0 spiro atoms. The third kappa shape index (κ3) is 2.65. The van der Waals surface area contributed by atoms with Gasteiger partial charge in [-0.1, -0.05) is 12.1 Å². The fraction of sp³-hybridized carbons (Fsp3) is 0.143. The maximum Gasteiger partial charge on any atom is 0.417 e. The Morgan fingerprint density at radius 1 is 0.842 bits per heavy atom. The van der Waals surface area contributed by atoms with Crippen LogP contribution in [0.3, 0.4) is 0 Å². The third-order valence-corrected chi connectivity index (χ3v) is 2.89. The highest BCUT2D eigenvalue weighted by molar-refractivity contribution is 5.74. The van der Waals surface area contributed by atoms with Crippen molar-refractivity contribution >= 4 is 11.4 Å². The molecular weight excluding hydrogens is 253 g/mol. The van der Waals surface area contributed by atoms with Gasteiger partial charge in [-0.3, -0.25) is 0 Å². The molecule has 19 heavy (non-hydrogen) atoms. The first kappa shape index (κ1) is 13.3. The first-order chi connectivity index (χ1) is 8.79. The van der Waals surface area contributed by atoms with E-state index in [2.05, 4.69) is 0 Å². The molecule has 0 heterocycles. The van der Waals surface area contributed by atoms with Crippen LogP contribution in [0.2, 0.25) is 0 Å². The van der Waals surface area contributed by atoms with Crippen LogP contribution in [0.4, 0.5) is 24.5 Å². The first-order valence-corrected chi connectivity index (χ1v) is 5.62. The van der Waals surface area contributed by atoms with Crippen molar-refractivity contribution in [2.75, 3.05) is 11.5 Å². The molecule has 0 aromatic heterocycles. The lowest BCUT2D eigenvalue weighted by Crippen LogP contribution is -2.08. The molecule has 2 nitrogen and oxygen atoms in total. The number of halogens is 3. The van der Waals surface area contributed by atoms with E-state index in [9.17, 15) is 13.2 Å². The molecule has 0 aliphatic carbocycles. The quantitative estimate of drug-likeness (QED) is 0.770. The van der Waals surface area contributed by atoms with E-state index in [1.807, 2.05) is 0 Å². The summed E-state index contributed by atoms with van der Waals surface area (Å²) in [6, 6.07) is 8.61. The molecule has 4 N–H and O–H groups in total. The van der Waals surface area contributed by atoms with E-state index in [1.165, 1.54) is 12.1 Å². The number of anilines is 2. The Balaban J connectivity index is 2.68. The summed E-state index contributed by atoms with van der Waals surface area (Å²) in [7, 11) is 0. The maximum atomic E-state index is 13.0. The van der Waals surface area contributed by atoms with Crippen molar-refractivity contribution in [2.45, 2.75) is 13.1 Å². The predicted octanol–water partition coefficient (Wildman–Crippen LogP) is 3.85. The molecule has 0 fully saturated rings. The van der Waals surface area contributed by atoms with Crippen LogP contribution in [0.15, 0.2) is 36.4 Å². The van der Waals surface area contributed by atoms with Gasteiger partial charge < -0.3 is 11.5 Å². The van der Waals surface area contributed by atoms with E-state index in [0.29, 0.717) is 16.8 Å². The molecule has 2 aromatic rings. The molecule has 2 aromatic carbocycles. The lowest BCUT2D eigenvalue weighted by atomic mass is 9.95. The van der Waals surface area contributed by atoms with Gasteiger partial charge >= 0.3 is 6.18 Å². The molecule has 0 aliphatic heterocycles. The molecule has 0 bridgehead atoms. The Labute approximate surface area is 108 Å². The van der Waals surface area contributed by atoms with Gasteiger partial charge in [-0.2, -0.15) is 13.2 Å². The molecule has 2 rings (SSSR count). The second kappa shape index (κ2) is 4.50. The molecule has 0 atom stereocenters. The minimum Gasteiger partial charge on any atom is -0.399 e. The summed E-state index contributed by atoms with van der Waals surface area (Å²) >= 11 is 0. The number of hydrogen-bond acceptors (Lipinski definition) is 2. The number of alkyl halides is 3. The van der Waals surface area contributed by atoms with Crippen LogP contribution in [-0.2, 0) is 6.18 Å². The van der Waals surface area contributed by atoms with E-state index < -0.39 is 11.7 Å². The molecule has 0 saturated heterocycles. The van der Waals surface area contributed by atoms with Gasteiger partial charge in [0.1, 0.15) is 0 Å². The van der Waals surface area contributed by atoms with Crippen molar-refractivity contribution in [3.05, 3.63) is 47.5 Å². The van der Waals surface area contributed by atoms with Gasteiger partial charge in [-0.25, -0.2) is 0 Å². The maximum absolute atomic E-state index is 13.0. The van der Waals surface area contributed by atoms with Crippen LogP contribution in [0.25, 0.3) is 11.1 Å². The number of nitrogens with two attached hydrogens (primary N) is 2. The van der Waals surface area contributed by atoms with Crippen LogP contribution < -0.4 is 11.5 Å². The Bertz CT molecular complexity index is 619. The van der Waals surface area contributed by atoms with Crippen molar-refractivity contribution < 1.29 is 13.2 Å². The van der Waals surface area contributed by atoms with Crippen molar-refractivity contribution in [1.82, 2.24) is 0 Å². The Morgan fingerprint density at radius 2 is 1.37 bits per heavy atom. The van der Waals surface area contributed by atoms with Crippen molar-refractivity contribution in [3.8, 4) is 11.1 Å². The highest BCUT2D eigenvalue weighted by Crippen LogP contribution is 2.39. The number of nitrogen functional groups attached to an aromatic ring is 2. The monoisotopic (exact) mass is 266 g/mol. The summed E-state index contributed by atoms with van der Waals surface area (Å²) in [4.78, 5) is 0. The minimum absolute atomic E-state index is 0.0872. The smallest absolute Gasteiger partial charge is 0.399 e. The molecule has 0 saturated carbocycles. The van der Waals surface area contributed by atoms with E-state index in [0.717, 1.165) is 6.07 Å². The van der Waals surface area contributed by atoms with E-state index >= 15 is 0 Å². The standard InChI is InChI=1S/C14H13F3N2/c1-8-6-9(18)2-4-11(8)12-5-3-10(19)7-13(12)14(15,16)17/h2-7H,18-19H2,1H3. The van der Waals surface area contributed by atoms with Crippen molar-refractivity contribution in [3.63, 3.8) is 0 Å². The van der Waals surface area contributed by atoms with Gasteiger partial charge in [0.2, 0.25) is 0 Å². The molecular formula is C14H13F3N2. The van der Waals surface area contributed by atoms with Gasteiger partial charge in [0.15, 0.2) is 0 Å². The molecule has 0 radical (unpaired) electrons. The SMILES string of the molecule is Cc1cc(N)ccc1-c1ccc(N)cc1C(F)(F)F. The zero-order valence-electron chi connectivity index (χ0n) is 10.3. The summed E-state index contributed by atoms with van der Waals surface area (Å²) in [6.45, 7) is 1.72. The average Bonchev–Trinajstić information content (AvgIpc) is 2.28. The number of benzene rings is 2. The van der Waals surface area contributed by atoms with Gasteiger partial charge in [-0.15, -0.1) is 0 Å². The third-order valence-electron chi connectivity index (χ3n) is 2.89. The Kier molecular flexibility index (Phi) is 3.14. The van der Waals surface area contributed by atoms with Crippen molar-refractivity contribution in [1.29, 1.82) is 0 Å². The van der Waals surface area contributed by atoms with Crippen LogP contribution in [0.5, 0.6) is 0 Å². The average molecular weight is 266 g/mol. The fourth-order valence-corrected chi connectivity index (χ4v) is 2.02. The van der Waals surface area contributed by atoms with Gasteiger partial charge in [0.05, 0.1) is 5.56 Å². The van der Waals surface area contributed by atoms with Crippen LogP contribution in [-0.4, -0.2) is 0 Å². The lowest BCUT2D eigenvalue weighted by molar-refractivity contribution is -0.137. The zero-order chi connectivity index (χ0) is 14.2. The van der Waals surface area contributed by atoms with Gasteiger partial charge in [0.25, 0.3) is 0 Å². The predicted molar refractivity (Wildman–Crippen MR) is 70.4 cm³/mol. The highest BCUT2D eigenvalue weighted by Gasteiger charge is 2.34. The number of hydrogen-bond donors (Lipinski definition) is 2. The normalized spacial score (nSPS) is 11.6. The van der Waals surface area contributed by atoms with Crippen LogP contribution in [0, 0.1) is 6.92 Å². The van der Waals surface area contributed by atoms with E-state index in [1.54, 1.807) is 25.1 Å². The fourth-order valence-electron chi connectivity index (χ4n) is 2.02. The molecule has 100 valence electrons. The van der Waals surface area contributed by atoms with E-state index in [-0.39, 0.29) is 11.3 Å². The molecule has 0 amide bonds. The van der Waals surface area contributed by atoms with Gasteiger partial charge in [-0.05, 0) is 47.9 Å². The summed E-state index contributed by atoms with van der Waals surface area (Å²) in [5.74, 6) is 0. The van der Waals surface area contributed by atoms with Gasteiger partial charge in [0, 0.05) is 11.4 Å². The Hall–Kier alpha value is -2.17. The summed E-state index contributed by atoms with van der Waals surface area (Å²) < 4.78 is 39.1. The largest absolute Gasteiger partial charge is 0.417 e. The summed E-state index contributed by atoms with van der Waals surface area (Å²) in [5.41, 5.74) is 12.2. The number of rotatable bonds is 1. The minimum atomic E-state index is -4.45. The number of aryl methyl sites for hydroxylation is 1. The topological polar surface area (TPSA) is 52.0 Å². The highest BCUT2D eigenvalue weighted by atomic mass is 19.4. The second-order valence-corrected chi connectivity index (χ2v) is 4.38. The van der Waals surface area contributed by atoms with Crippen molar-refractivity contribution in [2.24, 2.45) is 0 Å². The first-order valence-electron chi connectivity index (χ1n) is 5.62. The van der Waals surface area contributed by atoms with Crippen LogP contribution in [0.1, 0.15) is 11.1 Å². The lowest BCUT2D eigenvalue weighted by Gasteiger charge is -2.15. The second-order valence-electron chi connectivity index (χ2n) is 4.38. The Morgan fingerprint density at radius 3 is 1.89 bits per heavy atom. The molecule has 0 aliphatic rings. The zero-order valence-corrected chi connectivity index (χ0v) is 10.3. The summed E-state index contributed by atoms with van der Waals surface area (Å²) in [5, 5.41) is 0. The summed E-state index contributed by atoms with van der Waals surface area (Å²) in [6.07, 6.45) is -4.45. The van der Waals surface area contributed by atoms with Crippen LogP contribution >= 0.6 is 0 Å².